The van der Waals surface area contributed by atoms with Gasteiger partial charge in [-0.1, -0.05) is 25.9 Å². The van der Waals surface area contributed by atoms with Crippen molar-refractivity contribution in [2.75, 3.05) is 5.32 Å². The number of aromatic nitrogens is 2. The van der Waals surface area contributed by atoms with Crippen LogP contribution in [-0.4, -0.2) is 16.0 Å². The lowest BCUT2D eigenvalue weighted by atomic mass is 9.91. The molecule has 2 rings (SSSR count). The van der Waals surface area contributed by atoms with Crippen molar-refractivity contribution in [3.63, 3.8) is 0 Å². The molecule has 0 saturated carbocycles. The molecule has 2 aromatic heterocycles. The number of rotatable bonds is 2. The SMILES string of the molecule is Cc1c(NC(=O)c2cccnc2)noc1C(C)(C)C. The van der Waals surface area contributed by atoms with Gasteiger partial charge in [-0.2, -0.15) is 0 Å². The Hall–Kier alpha value is -2.17. The summed E-state index contributed by atoms with van der Waals surface area (Å²) < 4.78 is 5.32. The van der Waals surface area contributed by atoms with Gasteiger partial charge in [0.2, 0.25) is 0 Å². The summed E-state index contributed by atoms with van der Waals surface area (Å²) in [6, 6.07) is 3.41. The van der Waals surface area contributed by atoms with Crippen LogP contribution in [0.5, 0.6) is 0 Å². The standard InChI is InChI=1S/C14H17N3O2/c1-9-11(14(2,3)4)19-17-12(9)16-13(18)10-6-5-7-15-8-10/h5-8H,1-4H3,(H,16,17,18). The maximum atomic E-state index is 12.0. The minimum atomic E-state index is -0.245. The number of nitrogens with one attached hydrogen (secondary N) is 1. The number of anilines is 1. The van der Waals surface area contributed by atoms with Crippen molar-refractivity contribution in [1.82, 2.24) is 10.1 Å². The first-order valence-corrected chi connectivity index (χ1v) is 6.07. The lowest BCUT2D eigenvalue weighted by molar-refractivity contribution is 0.102. The Morgan fingerprint density at radius 2 is 2.11 bits per heavy atom. The number of hydrogen-bond acceptors (Lipinski definition) is 4. The topological polar surface area (TPSA) is 68.0 Å². The Labute approximate surface area is 112 Å². The molecular formula is C14H17N3O2. The fraction of sp³-hybridized carbons (Fsp3) is 0.357. The zero-order valence-electron chi connectivity index (χ0n) is 11.5. The van der Waals surface area contributed by atoms with Crippen LogP contribution < -0.4 is 5.32 Å². The van der Waals surface area contributed by atoms with Crippen molar-refractivity contribution in [2.24, 2.45) is 0 Å². The molecule has 19 heavy (non-hydrogen) atoms. The van der Waals surface area contributed by atoms with E-state index in [1.165, 1.54) is 6.20 Å². The molecule has 0 aromatic carbocycles. The monoisotopic (exact) mass is 259 g/mol. The second kappa shape index (κ2) is 4.84. The Kier molecular flexibility index (Phi) is 3.38. The molecule has 0 aliphatic heterocycles. The molecule has 1 N–H and O–H groups in total. The number of nitrogens with zero attached hydrogens (tertiary/aromatic N) is 2. The molecule has 1 amide bonds. The van der Waals surface area contributed by atoms with E-state index >= 15 is 0 Å². The fourth-order valence-electron chi connectivity index (χ4n) is 1.83. The van der Waals surface area contributed by atoms with E-state index in [0.29, 0.717) is 11.4 Å². The van der Waals surface area contributed by atoms with Crippen molar-refractivity contribution in [2.45, 2.75) is 33.1 Å². The number of hydrogen-bond donors (Lipinski definition) is 1. The van der Waals surface area contributed by atoms with Gasteiger partial charge in [0, 0.05) is 23.4 Å². The first-order chi connectivity index (χ1) is 8.89. The van der Waals surface area contributed by atoms with Crippen LogP contribution >= 0.6 is 0 Å². The van der Waals surface area contributed by atoms with Crippen LogP contribution in [0.25, 0.3) is 0 Å². The smallest absolute Gasteiger partial charge is 0.258 e. The first kappa shape index (κ1) is 13.3. The van der Waals surface area contributed by atoms with Crippen molar-refractivity contribution in [1.29, 1.82) is 0 Å². The number of pyridine rings is 1. The zero-order valence-corrected chi connectivity index (χ0v) is 11.5. The van der Waals surface area contributed by atoms with Crippen molar-refractivity contribution >= 4 is 11.7 Å². The minimum absolute atomic E-state index is 0.144. The van der Waals surface area contributed by atoms with Crippen LogP contribution in [0.3, 0.4) is 0 Å². The molecule has 0 atom stereocenters. The summed E-state index contributed by atoms with van der Waals surface area (Å²) in [5.41, 5.74) is 1.20. The molecule has 0 spiro atoms. The minimum Gasteiger partial charge on any atom is -0.358 e. The molecule has 0 unspecified atom stereocenters. The van der Waals surface area contributed by atoms with Gasteiger partial charge >= 0.3 is 0 Å². The molecule has 0 radical (unpaired) electrons. The van der Waals surface area contributed by atoms with Crippen LogP contribution in [0.2, 0.25) is 0 Å². The maximum absolute atomic E-state index is 12.0. The van der Waals surface area contributed by atoms with Gasteiger partial charge in [0.1, 0.15) is 5.76 Å². The predicted octanol–water partition coefficient (Wildman–Crippen LogP) is 2.93. The Bertz CT molecular complexity index is 582. The third-order valence-electron chi connectivity index (χ3n) is 2.76. The zero-order chi connectivity index (χ0) is 14.0. The lowest BCUT2D eigenvalue weighted by Crippen LogP contribution is -2.14. The van der Waals surface area contributed by atoms with E-state index in [9.17, 15) is 4.79 Å². The average Bonchev–Trinajstić information content (AvgIpc) is 2.72. The normalized spacial score (nSPS) is 11.4. The van der Waals surface area contributed by atoms with E-state index in [4.69, 9.17) is 4.52 Å². The maximum Gasteiger partial charge on any atom is 0.258 e. The molecular weight excluding hydrogens is 242 g/mol. The molecule has 0 bridgehead atoms. The molecule has 0 saturated heterocycles. The van der Waals surface area contributed by atoms with Crippen molar-refractivity contribution in [3.8, 4) is 0 Å². The summed E-state index contributed by atoms with van der Waals surface area (Å²) in [5.74, 6) is 0.984. The van der Waals surface area contributed by atoms with Crippen molar-refractivity contribution < 1.29 is 9.32 Å². The first-order valence-electron chi connectivity index (χ1n) is 6.07. The van der Waals surface area contributed by atoms with Gasteiger partial charge in [-0.3, -0.25) is 9.78 Å². The highest BCUT2D eigenvalue weighted by molar-refractivity contribution is 6.03. The second-order valence-corrected chi connectivity index (χ2v) is 5.43. The summed E-state index contributed by atoms with van der Waals surface area (Å²) in [7, 11) is 0. The summed E-state index contributed by atoms with van der Waals surface area (Å²) in [6.45, 7) is 7.99. The molecule has 5 nitrogen and oxygen atoms in total. The van der Waals surface area contributed by atoms with E-state index in [1.807, 2.05) is 27.7 Å². The van der Waals surface area contributed by atoms with Crippen LogP contribution in [0.4, 0.5) is 5.82 Å². The second-order valence-electron chi connectivity index (χ2n) is 5.43. The molecule has 5 heteroatoms. The predicted molar refractivity (Wildman–Crippen MR) is 72.1 cm³/mol. The van der Waals surface area contributed by atoms with E-state index in [0.717, 1.165) is 11.3 Å². The highest BCUT2D eigenvalue weighted by Gasteiger charge is 2.25. The Morgan fingerprint density at radius 1 is 1.37 bits per heavy atom. The van der Waals surface area contributed by atoms with Gasteiger partial charge in [0.05, 0.1) is 5.56 Å². The largest absolute Gasteiger partial charge is 0.358 e. The fourth-order valence-corrected chi connectivity index (χ4v) is 1.83. The van der Waals surface area contributed by atoms with Gasteiger partial charge in [-0.15, -0.1) is 0 Å². The third-order valence-corrected chi connectivity index (χ3v) is 2.76. The molecule has 0 aliphatic rings. The summed E-state index contributed by atoms with van der Waals surface area (Å²) in [5, 5.41) is 6.66. The average molecular weight is 259 g/mol. The number of amides is 1. The number of carbonyl (C=O) groups is 1. The molecule has 2 heterocycles. The van der Waals surface area contributed by atoms with E-state index in [1.54, 1.807) is 18.3 Å². The van der Waals surface area contributed by atoms with Crippen LogP contribution in [0.1, 0.15) is 42.5 Å². The van der Waals surface area contributed by atoms with Gasteiger partial charge < -0.3 is 9.84 Å². The van der Waals surface area contributed by atoms with E-state index < -0.39 is 0 Å². The quantitative estimate of drug-likeness (QED) is 0.900. The lowest BCUT2D eigenvalue weighted by Gasteiger charge is -2.14. The summed E-state index contributed by atoms with van der Waals surface area (Å²) in [4.78, 5) is 15.9. The van der Waals surface area contributed by atoms with E-state index in [2.05, 4.69) is 15.5 Å². The molecule has 100 valence electrons. The number of carbonyl (C=O) groups excluding carboxylic acids is 1. The van der Waals surface area contributed by atoms with Crippen LogP contribution in [0.15, 0.2) is 29.0 Å². The van der Waals surface area contributed by atoms with Gasteiger partial charge in [0.25, 0.3) is 5.91 Å². The Balaban J connectivity index is 2.21. The molecule has 2 aromatic rings. The van der Waals surface area contributed by atoms with Gasteiger partial charge in [-0.25, -0.2) is 0 Å². The van der Waals surface area contributed by atoms with Crippen LogP contribution in [-0.2, 0) is 5.41 Å². The summed E-state index contributed by atoms with van der Waals surface area (Å²) in [6.07, 6.45) is 3.13. The Morgan fingerprint density at radius 3 is 2.63 bits per heavy atom. The molecule has 0 aliphatic carbocycles. The molecule has 0 fully saturated rings. The van der Waals surface area contributed by atoms with Gasteiger partial charge in [0.15, 0.2) is 5.82 Å². The van der Waals surface area contributed by atoms with Gasteiger partial charge in [-0.05, 0) is 19.1 Å². The van der Waals surface area contributed by atoms with E-state index in [-0.39, 0.29) is 11.3 Å². The third kappa shape index (κ3) is 2.81. The van der Waals surface area contributed by atoms with Crippen molar-refractivity contribution in [3.05, 3.63) is 41.4 Å². The highest BCUT2D eigenvalue weighted by atomic mass is 16.5. The summed E-state index contributed by atoms with van der Waals surface area (Å²) >= 11 is 0. The highest BCUT2D eigenvalue weighted by Crippen LogP contribution is 2.29. The van der Waals surface area contributed by atoms with Crippen LogP contribution in [0, 0.1) is 6.92 Å².